The summed E-state index contributed by atoms with van der Waals surface area (Å²) in [6, 6.07) is 0.336. The third-order valence-electron chi connectivity index (χ3n) is 2.95. The van der Waals surface area contributed by atoms with Crippen molar-refractivity contribution in [1.29, 1.82) is 0 Å². The summed E-state index contributed by atoms with van der Waals surface area (Å²) in [5.41, 5.74) is 5.77. The molecular formula is C11H24N2. The zero-order valence-corrected chi connectivity index (χ0v) is 9.13. The zero-order valence-electron chi connectivity index (χ0n) is 9.13. The van der Waals surface area contributed by atoms with Crippen molar-refractivity contribution in [3.05, 3.63) is 0 Å². The molecule has 1 rings (SSSR count). The minimum absolute atomic E-state index is 0.336. The van der Waals surface area contributed by atoms with Crippen LogP contribution in [0.3, 0.4) is 0 Å². The Bertz CT molecular complexity index is 126. The molecule has 1 heterocycles. The summed E-state index contributed by atoms with van der Waals surface area (Å²) in [6.45, 7) is 8.00. The van der Waals surface area contributed by atoms with Crippen molar-refractivity contribution in [2.24, 2.45) is 11.7 Å². The first-order chi connectivity index (χ1) is 6.22. The lowest BCUT2D eigenvalue weighted by Gasteiger charge is -2.32. The zero-order chi connectivity index (χ0) is 9.68. The van der Waals surface area contributed by atoms with Crippen molar-refractivity contribution < 1.29 is 0 Å². The van der Waals surface area contributed by atoms with Crippen LogP contribution in [0.2, 0.25) is 0 Å². The van der Waals surface area contributed by atoms with Crippen molar-refractivity contribution in [3.63, 3.8) is 0 Å². The maximum Gasteiger partial charge on any atom is 0.0139 e. The molecule has 0 aliphatic carbocycles. The van der Waals surface area contributed by atoms with E-state index in [1.807, 2.05) is 0 Å². The summed E-state index contributed by atoms with van der Waals surface area (Å²) in [7, 11) is 0. The lowest BCUT2D eigenvalue weighted by molar-refractivity contribution is 0.172. The van der Waals surface area contributed by atoms with Crippen molar-refractivity contribution in [2.45, 2.75) is 45.6 Å². The van der Waals surface area contributed by atoms with Crippen LogP contribution in [0.4, 0.5) is 0 Å². The van der Waals surface area contributed by atoms with Crippen LogP contribution in [-0.4, -0.2) is 30.6 Å². The topological polar surface area (TPSA) is 29.3 Å². The first-order valence-corrected chi connectivity index (χ1v) is 5.70. The molecule has 1 atom stereocenters. The minimum Gasteiger partial charge on any atom is -0.327 e. The van der Waals surface area contributed by atoms with Crippen LogP contribution < -0.4 is 5.73 Å². The Balaban J connectivity index is 2.15. The SMILES string of the molecule is CCCC1CCN(C[C@@H](C)N)CC1. The fourth-order valence-electron chi connectivity index (χ4n) is 2.27. The first-order valence-electron chi connectivity index (χ1n) is 5.70. The van der Waals surface area contributed by atoms with E-state index in [-0.39, 0.29) is 0 Å². The second-order valence-electron chi connectivity index (χ2n) is 4.51. The van der Waals surface area contributed by atoms with Gasteiger partial charge in [-0.2, -0.15) is 0 Å². The average Bonchev–Trinajstić information content (AvgIpc) is 2.08. The summed E-state index contributed by atoms with van der Waals surface area (Å²) in [6.07, 6.45) is 5.55. The number of likely N-dealkylation sites (tertiary alicyclic amines) is 1. The van der Waals surface area contributed by atoms with Gasteiger partial charge in [0.05, 0.1) is 0 Å². The average molecular weight is 184 g/mol. The molecule has 0 saturated carbocycles. The van der Waals surface area contributed by atoms with E-state index in [1.165, 1.54) is 38.8 Å². The Morgan fingerprint density at radius 1 is 1.38 bits per heavy atom. The van der Waals surface area contributed by atoms with Gasteiger partial charge < -0.3 is 10.6 Å². The highest BCUT2D eigenvalue weighted by molar-refractivity contribution is 4.73. The van der Waals surface area contributed by atoms with E-state index < -0.39 is 0 Å². The monoisotopic (exact) mass is 184 g/mol. The molecule has 2 heteroatoms. The van der Waals surface area contributed by atoms with Gasteiger partial charge in [-0.3, -0.25) is 0 Å². The van der Waals surface area contributed by atoms with Gasteiger partial charge in [-0.15, -0.1) is 0 Å². The molecule has 1 saturated heterocycles. The van der Waals surface area contributed by atoms with Crippen LogP contribution in [-0.2, 0) is 0 Å². The number of rotatable bonds is 4. The van der Waals surface area contributed by atoms with E-state index in [0.717, 1.165) is 12.5 Å². The molecule has 0 radical (unpaired) electrons. The smallest absolute Gasteiger partial charge is 0.0139 e. The van der Waals surface area contributed by atoms with Crippen molar-refractivity contribution in [1.82, 2.24) is 4.90 Å². The van der Waals surface area contributed by atoms with Crippen LogP contribution in [0.25, 0.3) is 0 Å². The maximum atomic E-state index is 5.77. The molecule has 13 heavy (non-hydrogen) atoms. The number of piperidine rings is 1. The predicted molar refractivity (Wildman–Crippen MR) is 57.7 cm³/mol. The second kappa shape index (κ2) is 5.61. The molecule has 2 nitrogen and oxygen atoms in total. The van der Waals surface area contributed by atoms with E-state index >= 15 is 0 Å². The van der Waals surface area contributed by atoms with E-state index in [2.05, 4.69) is 18.7 Å². The second-order valence-corrected chi connectivity index (χ2v) is 4.51. The Hall–Kier alpha value is -0.0800. The fourth-order valence-corrected chi connectivity index (χ4v) is 2.27. The van der Waals surface area contributed by atoms with Gasteiger partial charge in [-0.25, -0.2) is 0 Å². The van der Waals surface area contributed by atoms with Gasteiger partial charge in [-0.05, 0) is 38.8 Å². The molecule has 2 N–H and O–H groups in total. The highest BCUT2D eigenvalue weighted by atomic mass is 15.1. The van der Waals surface area contributed by atoms with Gasteiger partial charge in [0.15, 0.2) is 0 Å². The van der Waals surface area contributed by atoms with Crippen LogP contribution >= 0.6 is 0 Å². The van der Waals surface area contributed by atoms with Gasteiger partial charge >= 0.3 is 0 Å². The molecule has 1 aliphatic rings. The molecule has 1 aliphatic heterocycles. The number of nitrogens with two attached hydrogens (primary N) is 1. The van der Waals surface area contributed by atoms with Crippen LogP contribution in [0.1, 0.15) is 39.5 Å². The first kappa shape index (κ1) is 11.0. The normalized spacial score (nSPS) is 23.3. The van der Waals surface area contributed by atoms with Crippen molar-refractivity contribution in [2.75, 3.05) is 19.6 Å². The standard InChI is InChI=1S/C11H24N2/c1-3-4-11-5-7-13(8-6-11)9-10(2)12/h10-11H,3-9,12H2,1-2H3/t10-/m1/s1. The summed E-state index contributed by atoms with van der Waals surface area (Å²) < 4.78 is 0. The van der Waals surface area contributed by atoms with Gasteiger partial charge in [0, 0.05) is 12.6 Å². The van der Waals surface area contributed by atoms with Crippen molar-refractivity contribution >= 4 is 0 Å². The predicted octanol–water partition coefficient (Wildman–Crippen LogP) is 1.85. The van der Waals surface area contributed by atoms with Gasteiger partial charge in [0.1, 0.15) is 0 Å². The number of hydrogen-bond acceptors (Lipinski definition) is 2. The molecule has 0 aromatic heterocycles. The Kier molecular flexibility index (Phi) is 4.74. The highest BCUT2D eigenvalue weighted by Gasteiger charge is 2.18. The van der Waals surface area contributed by atoms with E-state index in [1.54, 1.807) is 0 Å². The highest BCUT2D eigenvalue weighted by Crippen LogP contribution is 2.21. The molecule has 1 fully saturated rings. The molecule has 0 aromatic carbocycles. The van der Waals surface area contributed by atoms with E-state index in [0.29, 0.717) is 6.04 Å². The summed E-state index contributed by atoms with van der Waals surface area (Å²) in [5, 5.41) is 0. The summed E-state index contributed by atoms with van der Waals surface area (Å²) >= 11 is 0. The third-order valence-corrected chi connectivity index (χ3v) is 2.95. The Morgan fingerprint density at radius 2 is 2.00 bits per heavy atom. The molecular weight excluding hydrogens is 160 g/mol. The van der Waals surface area contributed by atoms with Gasteiger partial charge in [0.2, 0.25) is 0 Å². The molecule has 0 bridgehead atoms. The summed E-state index contributed by atoms with van der Waals surface area (Å²) in [4.78, 5) is 2.51. The van der Waals surface area contributed by atoms with Gasteiger partial charge in [-0.1, -0.05) is 19.8 Å². The minimum atomic E-state index is 0.336. The fraction of sp³-hybridized carbons (Fsp3) is 1.00. The van der Waals surface area contributed by atoms with Gasteiger partial charge in [0.25, 0.3) is 0 Å². The third kappa shape index (κ3) is 4.10. The quantitative estimate of drug-likeness (QED) is 0.722. The Labute approximate surface area is 82.5 Å². The molecule has 0 amide bonds. The molecule has 0 aromatic rings. The largest absolute Gasteiger partial charge is 0.327 e. The number of nitrogens with zero attached hydrogens (tertiary/aromatic N) is 1. The summed E-state index contributed by atoms with van der Waals surface area (Å²) in [5.74, 6) is 0.995. The lowest BCUT2D eigenvalue weighted by Crippen LogP contribution is -2.40. The van der Waals surface area contributed by atoms with Crippen LogP contribution in [0.5, 0.6) is 0 Å². The molecule has 78 valence electrons. The molecule has 0 unspecified atom stereocenters. The van der Waals surface area contributed by atoms with E-state index in [9.17, 15) is 0 Å². The van der Waals surface area contributed by atoms with Crippen LogP contribution in [0, 0.1) is 5.92 Å². The molecule has 0 spiro atoms. The number of hydrogen-bond donors (Lipinski definition) is 1. The lowest BCUT2D eigenvalue weighted by atomic mass is 9.92. The Morgan fingerprint density at radius 3 is 2.46 bits per heavy atom. The van der Waals surface area contributed by atoms with Crippen LogP contribution in [0.15, 0.2) is 0 Å². The van der Waals surface area contributed by atoms with E-state index in [4.69, 9.17) is 5.73 Å². The van der Waals surface area contributed by atoms with Crippen molar-refractivity contribution in [3.8, 4) is 0 Å². The maximum absolute atomic E-state index is 5.77.